The Morgan fingerprint density at radius 3 is 2.65 bits per heavy atom. The average Bonchev–Trinajstić information content (AvgIpc) is 3.20. The highest BCUT2D eigenvalue weighted by Gasteiger charge is 2.29. The second kappa shape index (κ2) is 5.56. The number of likely N-dealkylation sites (tertiary alicyclic amines) is 1. The van der Waals surface area contributed by atoms with Crippen LogP contribution in [-0.2, 0) is 11.3 Å². The van der Waals surface area contributed by atoms with E-state index in [1.54, 1.807) is 4.90 Å². The van der Waals surface area contributed by atoms with Crippen LogP contribution in [0.15, 0.2) is 10.6 Å². The molecule has 0 bridgehead atoms. The predicted octanol–water partition coefficient (Wildman–Crippen LogP) is 1.85. The van der Waals surface area contributed by atoms with Gasteiger partial charge in [0.25, 0.3) is 0 Å². The Hall–Kier alpha value is -1.36. The van der Waals surface area contributed by atoms with Crippen LogP contribution in [0.1, 0.15) is 43.1 Å². The topological polar surface area (TPSA) is 49.6 Å². The smallest absolute Gasteiger partial charge is 0.225 e. The summed E-state index contributed by atoms with van der Waals surface area (Å²) in [7, 11) is 3.67. The lowest BCUT2D eigenvalue weighted by molar-refractivity contribution is -0.134. The standard InChI is InChI=1S/C15H23N3O2/c1-17(2)15(19)12-5-7-18(8-6-12)10-13-9-14(20-16-13)11-3-4-11/h9,11-12H,3-8,10H2,1-2H3. The molecule has 0 atom stereocenters. The van der Waals surface area contributed by atoms with Crippen molar-refractivity contribution in [2.24, 2.45) is 5.92 Å². The van der Waals surface area contributed by atoms with Crippen LogP contribution < -0.4 is 0 Å². The maximum atomic E-state index is 11.9. The first-order chi connectivity index (χ1) is 9.63. The van der Waals surface area contributed by atoms with Gasteiger partial charge >= 0.3 is 0 Å². The fourth-order valence-corrected chi connectivity index (χ4v) is 2.90. The van der Waals surface area contributed by atoms with Crippen molar-refractivity contribution < 1.29 is 9.32 Å². The van der Waals surface area contributed by atoms with Gasteiger partial charge in [0.15, 0.2) is 0 Å². The number of nitrogens with zero attached hydrogens (tertiary/aromatic N) is 3. The molecule has 1 amide bonds. The minimum atomic E-state index is 0.195. The fraction of sp³-hybridized carbons (Fsp3) is 0.733. The number of hydrogen-bond acceptors (Lipinski definition) is 4. The molecule has 2 heterocycles. The van der Waals surface area contributed by atoms with E-state index < -0.39 is 0 Å². The van der Waals surface area contributed by atoms with Crippen LogP contribution in [0.2, 0.25) is 0 Å². The minimum Gasteiger partial charge on any atom is -0.361 e. The molecule has 110 valence electrons. The van der Waals surface area contributed by atoms with Crippen LogP contribution in [0, 0.1) is 5.92 Å². The van der Waals surface area contributed by atoms with Crippen LogP contribution in [0.25, 0.3) is 0 Å². The van der Waals surface area contributed by atoms with Crippen LogP contribution in [0.4, 0.5) is 0 Å². The number of carbonyl (C=O) groups excluding carboxylic acids is 1. The molecule has 3 rings (SSSR count). The molecule has 0 unspecified atom stereocenters. The van der Waals surface area contributed by atoms with Crippen molar-refractivity contribution in [3.63, 3.8) is 0 Å². The van der Waals surface area contributed by atoms with E-state index in [2.05, 4.69) is 16.1 Å². The Labute approximate surface area is 119 Å². The summed E-state index contributed by atoms with van der Waals surface area (Å²) in [6, 6.07) is 2.11. The molecule has 0 spiro atoms. The third-order valence-electron chi connectivity index (χ3n) is 4.32. The van der Waals surface area contributed by atoms with Gasteiger partial charge in [0.05, 0.1) is 5.69 Å². The van der Waals surface area contributed by atoms with Gasteiger partial charge in [-0.3, -0.25) is 9.69 Å². The Bertz CT molecular complexity index is 471. The molecular formula is C15H23N3O2. The maximum Gasteiger partial charge on any atom is 0.225 e. The van der Waals surface area contributed by atoms with Gasteiger partial charge in [-0.05, 0) is 38.8 Å². The molecule has 1 aromatic heterocycles. The van der Waals surface area contributed by atoms with E-state index in [1.165, 1.54) is 12.8 Å². The van der Waals surface area contributed by atoms with Crippen molar-refractivity contribution in [3.8, 4) is 0 Å². The Morgan fingerprint density at radius 2 is 2.05 bits per heavy atom. The van der Waals surface area contributed by atoms with Crippen molar-refractivity contribution in [1.82, 2.24) is 15.0 Å². The summed E-state index contributed by atoms with van der Waals surface area (Å²) in [5.41, 5.74) is 1.03. The number of amides is 1. The molecule has 1 saturated heterocycles. The zero-order valence-electron chi connectivity index (χ0n) is 12.3. The number of carbonyl (C=O) groups is 1. The zero-order valence-corrected chi connectivity index (χ0v) is 12.3. The first-order valence-corrected chi connectivity index (χ1v) is 7.52. The van der Waals surface area contributed by atoms with Crippen molar-refractivity contribution in [1.29, 1.82) is 0 Å². The van der Waals surface area contributed by atoms with Gasteiger partial charge in [-0.1, -0.05) is 5.16 Å². The van der Waals surface area contributed by atoms with Crippen LogP contribution >= 0.6 is 0 Å². The lowest BCUT2D eigenvalue weighted by atomic mass is 9.95. The summed E-state index contributed by atoms with van der Waals surface area (Å²) >= 11 is 0. The third kappa shape index (κ3) is 3.03. The summed E-state index contributed by atoms with van der Waals surface area (Å²) in [5.74, 6) is 2.14. The van der Waals surface area contributed by atoms with E-state index in [-0.39, 0.29) is 11.8 Å². The number of rotatable bonds is 4. The van der Waals surface area contributed by atoms with Gasteiger partial charge in [-0.25, -0.2) is 0 Å². The van der Waals surface area contributed by atoms with E-state index >= 15 is 0 Å². The van der Waals surface area contributed by atoms with Gasteiger partial charge in [0, 0.05) is 38.5 Å². The lowest BCUT2D eigenvalue weighted by Crippen LogP contribution is -2.39. The number of aromatic nitrogens is 1. The van der Waals surface area contributed by atoms with E-state index in [1.807, 2.05) is 14.1 Å². The monoisotopic (exact) mass is 277 g/mol. The number of hydrogen-bond donors (Lipinski definition) is 0. The van der Waals surface area contributed by atoms with Crippen molar-refractivity contribution in [2.75, 3.05) is 27.2 Å². The molecule has 2 fully saturated rings. The molecule has 2 aliphatic rings. The molecule has 1 saturated carbocycles. The van der Waals surface area contributed by atoms with Gasteiger partial charge < -0.3 is 9.42 Å². The van der Waals surface area contributed by atoms with Gasteiger partial charge in [0.1, 0.15) is 5.76 Å². The second-order valence-corrected chi connectivity index (χ2v) is 6.28. The second-order valence-electron chi connectivity index (χ2n) is 6.28. The molecular weight excluding hydrogens is 254 g/mol. The molecule has 5 heteroatoms. The summed E-state index contributed by atoms with van der Waals surface area (Å²) in [6.45, 7) is 2.78. The summed E-state index contributed by atoms with van der Waals surface area (Å²) in [5, 5.41) is 4.16. The largest absolute Gasteiger partial charge is 0.361 e. The van der Waals surface area contributed by atoms with E-state index in [9.17, 15) is 4.79 Å². The molecule has 5 nitrogen and oxygen atoms in total. The van der Waals surface area contributed by atoms with Crippen LogP contribution in [-0.4, -0.2) is 48.0 Å². The normalized spacial score (nSPS) is 21.1. The van der Waals surface area contributed by atoms with Crippen molar-refractivity contribution in [2.45, 2.75) is 38.1 Å². The highest BCUT2D eigenvalue weighted by atomic mass is 16.5. The Morgan fingerprint density at radius 1 is 1.35 bits per heavy atom. The predicted molar refractivity (Wildman–Crippen MR) is 75.2 cm³/mol. The zero-order chi connectivity index (χ0) is 14.1. The molecule has 1 aromatic rings. The highest BCUT2D eigenvalue weighted by Crippen LogP contribution is 2.40. The molecule has 0 aromatic carbocycles. The molecule has 1 aliphatic carbocycles. The third-order valence-corrected chi connectivity index (χ3v) is 4.32. The van der Waals surface area contributed by atoms with Crippen LogP contribution in [0.5, 0.6) is 0 Å². The SMILES string of the molecule is CN(C)C(=O)C1CCN(Cc2cc(C3CC3)on2)CC1. The Balaban J connectivity index is 1.49. The summed E-state index contributed by atoms with van der Waals surface area (Å²) in [6.07, 6.45) is 4.38. The van der Waals surface area contributed by atoms with Gasteiger partial charge in [-0.15, -0.1) is 0 Å². The first-order valence-electron chi connectivity index (χ1n) is 7.52. The van der Waals surface area contributed by atoms with E-state index in [4.69, 9.17) is 4.52 Å². The maximum absolute atomic E-state index is 11.9. The minimum absolute atomic E-state index is 0.195. The molecule has 0 radical (unpaired) electrons. The highest BCUT2D eigenvalue weighted by molar-refractivity contribution is 5.78. The average molecular weight is 277 g/mol. The van der Waals surface area contributed by atoms with Gasteiger partial charge in [0.2, 0.25) is 5.91 Å². The molecule has 1 aliphatic heterocycles. The molecule has 0 N–H and O–H groups in total. The lowest BCUT2D eigenvalue weighted by Gasteiger charge is -2.31. The van der Waals surface area contributed by atoms with Gasteiger partial charge in [-0.2, -0.15) is 0 Å². The summed E-state index contributed by atoms with van der Waals surface area (Å²) in [4.78, 5) is 16.0. The Kier molecular flexibility index (Phi) is 3.78. The van der Waals surface area contributed by atoms with Crippen molar-refractivity contribution >= 4 is 5.91 Å². The molecule has 20 heavy (non-hydrogen) atoms. The van der Waals surface area contributed by atoms with Crippen LogP contribution in [0.3, 0.4) is 0 Å². The van der Waals surface area contributed by atoms with Crippen molar-refractivity contribution in [3.05, 3.63) is 17.5 Å². The first kappa shape index (κ1) is 13.6. The summed E-state index contributed by atoms with van der Waals surface area (Å²) < 4.78 is 5.38. The quantitative estimate of drug-likeness (QED) is 0.843. The van der Waals surface area contributed by atoms with E-state index in [0.29, 0.717) is 5.92 Å². The fourth-order valence-electron chi connectivity index (χ4n) is 2.90. The van der Waals surface area contributed by atoms with E-state index in [0.717, 1.165) is 43.9 Å². The number of piperidine rings is 1.